The van der Waals surface area contributed by atoms with Crippen molar-refractivity contribution in [2.75, 3.05) is 20.4 Å². The van der Waals surface area contributed by atoms with E-state index in [2.05, 4.69) is 11.0 Å². The van der Waals surface area contributed by atoms with E-state index in [-0.39, 0.29) is 11.5 Å². The van der Waals surface area contributed by atoms with Crippen molar-refractivity contribution in [3.05, 3.63) is 93.7 Å². The molecule has 0 spiro atoms. The average Bonchev–Trinajstić information content (AvgIpc) is 3.15. The van der Waals surface area contributed by atoms with Crippen LogP contribution >= 0.6 is 11.6 Å². The van der Waals surface area contributed by atoms with Gasteiger partial charge in [-0.15, -0.1) is 0 Å². The number of halogens is 1. The van der Waals surface area contributed by atoms with Gasteiger partial charge in [0.05, 0.1) is 18.2 Å². The van der Waals surface area contributed by atoms with Crippen LogP contribution in [0, 0.1) is 0 Å². The Morgan fingerprint density at radius 1 is 1.09 bits per heavy atom. The van der Waals surface area contributed by atoms with E-state index >= 15 is 0 Å². The first kappa shape index (κ1) is 20.6. The first-order chi connectivity index (χ1) is 15.6. The van der Waals surface area contributed by atoms with Crippen LogP contribution < -0.4 is 14.2 Å². The number of rotatable bonds is 5. The second-order valence-electron chi connectivity index (χ2n) is 7.77. The van der Waals surface area contributed by atoms with Crippen molar-refractivity contribution in [2.45, 2.75) is 13.0 Å². The summed E-state index contributed by atoms with van der Waals surface area (Å²) in [5.74, 6) is 2.34. The molecule has 0 aliphatic carbocycles. The van der Waals surface area contributed by atoms with Gasteiger partial charge in [-0.25, -0.2) is 0 Å². The smallest absolute Gasteiger partial charge is 0.231 e. The largest absolute Gasteiger partial charge is 0.496 e. The second kappa shape index (κ2) is 8.69. The lowest BCUT2D eigenvalue weighted by atomic mass is 10.0. The Balaban J connectivity index is 1.37. The number of carbonyl (C=O) groups excluding carboxylic acids is 1. The van der Waals surface area contributed by atoms with Crippen molar-refractivity contribution in [1.29, 1.82) is 0 Å². The molecule has 0 aromatic heterocycles. The second-order valence-corrected chi connectivity index (χ2v) is 8.18. The van der Waals surface area contributed by atoms with Crippen molar-refractivity contribution in [1.82, 2.24) is 4.90 Å². The maximum atomic E-state index is 13.0. The molecule has 0 atom stereocenters. The number of fused-ring (bicyclic) bond motifs is 3. The lowest BCUT2D eigenvalue weighted by Crippen LogP contribution is -2.33. The summed E-state index contributed by atoms with van der Waals surface area (Å²) in [5, 5.41) is 0.570. The normalized spacial score (nSPS) is 16.3. The van der Waals surface area contributed by atoms with Gasteiger partial charge in [-0.2, -0.15) is 0 Å². The molecule has 2 aliphatic rings. The Kier molecular flexibility index (Phi) is 5.60. The van der Waals surface area contributed by atoms with Crippen LogP contribution in [0.5, 0.6) is 17.2 Å². The highest BCUT2D eigenvalue weighted by Gasteiger charge is 2.33. The Hall–Kier alpha value is -3.28. The number of ketones is 1. The maximum absolute atomic E-state index is 13.0. The van der Waals surface area contributed by atoms with Crippen molar-refractivity contribution < 1.29 is 19.0 Å². The predicted octanol–water partition coefficient (Wildman–Crippen LogP) is 5.36. The van der Waals surface area contributed by atoms with Crippen molar-refractivity contribution in [3.63, 3.8) is 0 Å². The molecule has 6 heteroatoms. The van der Waals surface area contributed by atoms with Crippen LogP contribution in [0.4, 0.5) is 0 Å². The van der Waals surface area contributed by atoms with Gasteiger partial charge >= 0.3 is 0 Å². The average molecular weight is 448 g/mol. The standard InChI is InChI=1S/C26H22ClNO4/c1-30-22-9-5-3-6-17(22)12-13-28-15-20-23(31-16-28)11-10-19-25(29)24(32-26(19)20)14-18-7-2-4-8-21(18)27/h2-11,14H,12-13,15-16H2,1H3/b24-14-. The third-order valence-corrected chi connectivity index (χ3v) is 6.11. The van der Waals surface area contributed by atoms with Crippen LogP contribution in [0.2, 0.25) is 5.02 Å². The highest BCUT2D eigenvalue weighted by Crippen LogP contribution is 2.42. The number of benzene rings is 3. The van der Waals surface area contributed by atoms with Crippen LogP contribution in [0.3, 0.4) is 0 Å². The van der Waals surface area contributed by atoms with Crippen LogP contribution in [-0.2, 0) is 13.0 Å². The molecule has 0 saturated carbocycles. The zero-order valence-electron chi connectivity index (χ0n) is 17.6. The Morgan fingerprint density at radius 2 is 1.91 bits per heavy atom. The summed E-state index contributed by atoms with van der Waals surface area (Å²) in [5.41, 5.74) is 3.34. The number of methoxy groups -OCH3 is 1. The molecule has 3 aromatic carbocycles. The summed E-state index contributed by atoms with van der Waals surface area (Å²) in [7, 11) is 1.68. The van der Waals surface area contributed by atoms with Crippen molar-refractivity contribution in [2.24, 2.45) is 0 Å². The Bertz CT molecular complexity index is 1220. The molecule has 5 nitrogen and oxygen atoms in total. The zero-order chi connectivity index (χ0) is 22.1. The molecule has 0 fully saturated rings. The lowest BCUT2D eigenvalue weighted by Gasteiger charge is -2.29. The van der Waals surface area contributed by atoms with Gasteiger partial charge in [0.15, 0.2) is 5.76 Å². The molecule has 32 heavy (non-hydrogen) atoms. The van der Waals surface area contributed by atoms with Crippen LogP contribution in [0.15, 0.2) is 66.4 Å². The molecule has 0 saturated heterocycles. The van der Waals surface area contributed by atoms with E-state index in [1.165, 1.54) is 0 Å². The SMILES string of the molecule is COc1ccccc1CCN1COc2ccc3c(c2C1)O/C(=C\c1ccccc1Cl)C3=O. The van der Waals surface area contributed by atoms with E-state index in [1.807, 2.05) is 42.5 Å². The highest BCUT2D eigenvalue weighted by molar-refractivity contribution is 6.32. The third kappa shape index (κ3) is 3.85. The van der Waals surface area contributed by atoms with Gasteiger partial charge in [0, 0.05) is 18.1 Å². The fraction of sp³-hybridized carbons (Fsp3) is 0.192. The monoisotopic (exact) mass is 447 g/mol. The molecule has 0 unspecified atom stereocenters. The Morgan fingerprint density at radius 3 is 2.75 bits per heavy atom. The maximum Gasteiger partial charge on any atom is 0.231 e. The van der Waals surface area contributed by atoms with Gasteiger partial charge in [0.1, 0.15) is 24.0 Å². The van der Waals surface area contributed by atoms with Gasteiger partial charge in [-0.05, 0) is 47.9 Å². The summed E-state index contributed by atoms with van der Waals surface area (Å²) in [6, 6.07) is 19.0. The summed E-state index contributed by atoms with van der Waals surface area (Å²) >= 11 is 6.26. The summed E-state index contributed by atoms with van der Waals surface area (Å²) in [6.07, 6.45) is 2.52. The van der Waals surface area contributed by atoms with Gasteiger partial charge in [-0.1, -0.05) is 48.0 Å². The minimum absolute atomic E-state index is 0.145. The summed E-state index contributed by atoms with van der Waals surface area (Å²) < 4.78 is 17.5. The molecule has 0 amide bonds. The highest BCUT2D eigenvalue weighted by atomic mass is 35.5. The fourth-order valence-electron chi connectivity index (χ4n) is 4.07. The van der Waals surface area contributed by atoms with Gasteiger partial charge in [0.2, 0.25) is 5.78 Å². The number of hydrogen-bond donors (Lipinski definition) is 0. The molecule has 2 heterocycles. The summed E-state index contributed by atoms with van der Waals surface area (Å²) in [4.78, 5) is 15.1. The fourth-order valence-corrected chi connectivity index (χ4v) is 4.26. The molecular formula is C26H22ClNO4. The number of nitrogens with zero attached hydrogens (tertiary/aromatic N) is 1. The van der Waals surface area contributed by atoms with E-state index in [9.17, 15) is 4.79 Å². The topological polar surface area (TPSA) is 48.0 Å². The number of ether oxygens (including phenoxy) is 3. The van der Waals surface area contributed by atoms with Crippen LogP contribution in [0.1, 0.15) is 27.0 Å². The van der Waals surface area contributed by atoms with Gasteiger partial charge in [-0.3, -0.25) is 9.69 Å². The van der Waals surface area contributed by atoms with E-state index in [4.69, 9.17) is 25.8 Å². The first-order valence-corrected chi connectivity index (χ1v) is 10.8. The van der Waals surface area contributed by atoms with Crippen molar-refractivity contribution >= 4 is 23.5 Å². The molecule has 2 aliphatic heterocycles. The predicted molar refractivity (Wildman–Crippen MR) is 123 cm³/mol. The van der Waals surface area contributed by atoms with Crippen LogP contribution in [0.25, 0.3) is 6.08 Å². The zero-order valence-corrected chi connectivity index (χ0v) is 18.4. The first-order valence-electron chi connectivity index (χ1n) is 10.5. The summed E-state index contributed by atoms with van der Waals surface area (Å²) in [6.45, 7) is 1.91. The number of Topliss-reactive ketones (excluding diaryl/α,β-unsaturated/α-hetero) is 1. The molecule has 0 N–H and O–H groups in total. The van der Waals surface area contributed by atoms with Crippen LogP contribution in [-0.4, -0.2) is 31.1 Å². The third-order valence-electron chi connectivity index (χ3n) is 5.76. The minimum Gasteiger partial charge on any atom is -0.496 e. The number of allylic oxidation sites excluding steroid dienone is 1. The molecule has 5 rings (SSSR count). The van der Waals surface area contributed by atoms with Gasteiger partial charge in [0.25, 0.3) is 0 Å². The van der Waals surface area contributed by atoms with Gasteiger partial charge < -0.3 is 14.2 Å². The minimum atomic E-state index is -0.145. The van der Waals surface area contributed by atoms with E-state index < -0.39 is 0 Å². The van der Waals surface area contributed by atoms with E-state index in [0.29, 0.717) is 29.6 Å². The lowest BCUT2D eigenvalue weighted by molar-refractivity contribution is 0.0948. The number of carbonyl (C=O) groups is 1. The van der Waals surface area contributed by atoms with Crippen molar-refractivity contribution in [3.8, 4) is 17.2 Å². The molecule has 0 bridgehead atoms. The van der Waals surface area contributed by atoms with E-state index in [1.54, 1.807) is 25.3 Å². The molecule has 3 aromatic rings. The quantitative estimate of drug-likeness (QED) is 0.493. The molecule has 0 radical (unpaired) electrons. The number of hydrogen-bond acceptors (Lipinski definition) is 5. The number of para-hydroxylation sites is 1. The van der Waals surface area contributed by atoms with E-state index in [0.717, 1.165) is 41.2 Å². The molecular weight excluding hydrogens is 426 g/mol. The molecule has 162 valence electrons. The Labute approximate surface area is 191 Å².